The molecule has 2 aromatic rings. The molecule has 18 heavy (non-hydrogen) atoms. The Kier molecular flexibility index (Phi) is 3.38. The van der Waals surface area contributed by atoms with E-state index in [1.807, 2.05) is 10.6 Å². The van der Waals surface area contributed by atoms with Crippen LogP contribution in [0.4, 0.5) is 5.95 Å². The maximum atomic E-state index is 5.97. The van der Waals surface area contributed by atoms with Gasteiger partial charge in [0.1, 0.15) is 5.52 Å². The van der Waals surface area contributed by atoms with E-state index in [1.54, 1.807) is 24.9 Å². The van der Waals surface area contributed by atoms with E-state index in [-0.39, 0.29) is 4.75 Å². The number of nitrogens with two attached hydrogens (primary N) is 1. The number of anilines is 1. The number of hydrogen-bond acceptors (Lipinski definition) is 5. The molecular weight excluding hydrogens is 248 g/mol. The van der Waals surface area contributed by atoms with Gasteiger partial charge in [-0.15, -0.1) is 0 Å². The van der Waals surface area contributed by atoms with Crippen LogP contribution in [0.2, 0.25) is 0 Å². The first kappa shape index (κ1) is 13.0. The van der Waals surface area contributed by atoms with Gasteiger partial charge < -0.3 is 10.5 Å². The number of pyridine rings is 1. The lowest BCUT2D eigenvalue weighted by Crippen LogP contribution is -2.23. The minimum Gasteiger partial charge on any atom is -0.481 e. The van der Waals surface area contributed by atoms with E-state index in [0.29, 0.717) is 11.8 Å². The summed E-state index contributed by atoms with van der Waals surface area (Å²) in [4.78, 5) is 8.74. The summed E-state index contributed by atoms with van der Waals surface area (Å²) >= 11 is 1.79. The first-order chi connectivity index (χ1) is 8.46. The summed E-state index contributed by atoms with van der Waals surface area (Å²) in [6.45, 7) is 5.10. The van der Waals surface area contributed by atoms with Gasteiger partial charge in [-0.05, 0) is 26.2 Å². The number of hydrogen-bond donors (Lipinski definition) is 1. The second kappa shape index (κ2) is 4.68. The van der Waals surface area contributed by atoms with E-state index in [9.17, 15) is 0 Å². The highest BCUT2D eigenvalue weighted by atomic mass is 32.2. The molecule has 0 radical (unpaired) electrons. The molecule has 0 atom stereocenters. The van der Waals surface area contributed by atoms with Crippen LogP contribution < -0.4 is 10.5 Å². The summed E-state index contributed by atoms with van der Waals surface area (Å²) in [5.74, 6) is 1.07. The first-order valence-electron chi connectivity index (χ1n) is 5.69. The first-order valence-corrected chi connectivity index (χ1v) is 6.91. The van der Waals surface area contributed by atoms with E-state index in [4.69, 9.17) is 10.5 Å². The van der Waals surface area contributed by atoms with E-state index < -0.39 is 0 Å². The van der Waals surface area contributed by atoms with Gasteiger partial charge in [0.15, 0.2) is 5.65 Å². The third-order valence-corrected chi connectivity index (χ3v) is 4.13. The molecule has 6 heteroatoms. The largest absolute Gasteiger partial charge is 0.481 e. The van der Waals surface area contributed by atoms with E-state index in [2.05, 4.69) is 30.1 Å². The summed E-state index contributed by atoms with van der Waals surface area (Å²) in [6.07, 6.45) is 2.09. The molecule has 0 aliphatic rings. The van der Waals surface area contributed by atoms with Gasteiger partial charge >= 0.3 is 0 Å². The summed E-state index contributed by atoms with van der Waals surface area (Å²) < 4.78 is 7.16. The smallest absolute Gasteiger partial charge is 0.215 e. The lowest BCUT2D eigenvalue weighted by atomic mass is 10.2. The maximum absolute atomic E-state index is 5.97. The number of ether oxygens (including phenoxy) is 1. The van der Waals surface area contributed by atoms with E-state index in [0.717, 1.165) is 17.7 Å². The van der Waals surface area contributed by atoms with Crippen molar-refractivity contribution in [3.05, 3.63) is 12.1 Å². The number of methoxy groups -OCH3 is 1. The number of nitrogen functional groups attached to an aromatic ring is 1. The van der Waals surface area contributed by atoms with Crippen LogP contribution in [-0.2, 0) is 6.54 Å². The average Bonchev–Trinajstić information content (AvgIpc) is 2.65. The molecule has 0 saturated heterocycles. The van der Waals surface area contributed by atoms with Crippen molar-refractivity contribution in [2.24, 2.45) is 0 Å². The molecule has 0 amide bonds. The van der Waals surface area contributed by atoms with Gasteiger partial charge in [0.2, 0.25) is 11.8 Å². The van der Waals surface area contributed by atoms with E-state index >= 15 is 0 Å². The molecule has 0 unspecified atom stereocenters. The Morgan fingerprint density at radius 1 is 1.39 bits per heavy atom. The van der Waals surface area contributed by atoms with Crippen LogP contribution in [0.15, 0.2) is 12.1 Å². The molecule has 0 bridgehead atoms. The van der Waals surface area contributed by atoms with Gasteiger partial charge in [-0.25, -0.2) is 4.98 Å². The van der Waals surface area contributed by atoms with Crippen LogP contribution in [0.25, 0.3) is 11.2 Å². The fourth-order valence-electron chi connectivity index (χ4n) is 1.72. The van der Waals surface area contributed by atoms with Gasteiger partial charge in [0, 0.05) is 17.4 Å². The number of thioether (sulfide) groups is 1. The zero-order valence-corrected chi connectivity index (χ0v) is 11.9. The Hall–Kier alpha value is -1.43. The predicted octanol–water partition coefficient (Wildman–Crippen LogP) is 2.16. The van der Waals surface area contributed by atoms with Crippen molar-refractivity contribution in [3.8, 4) is 5.88 Å². The third kappa shape index (κ3) is 2.38. The van der Waals surface area contributed by atoms with Gasteiger partial charge in [-0.3, -0.25) is 4.57 Å². The highest BCUT2D eigenvalue weighted by molar-refractivity contribution is 7.99. The van der Waals surface area contributed by atoms with Crippen molar-refractivity contribution in [1.82, 2.24) is 14.5 Å². The molecule has 0 fully saturated rings. The lowest BCUT2D eigenvalue weighted by molar-refractivity contribution is 0.398. The Balaban J connectivity index is 2.51. The molecule has 5 nitrogen and oxygen atoms in total. The fourth-order valence-corrected chi connectivity index (χ4v) is 1.97. The highest BCUT2D eigenvalue weighted by Gasteiger charge is 2.21. The fraction of sp³-hybridized carbons (Fsp3) is 0.500. The van der Waals surface area contributed by atoms with Gasteiger partial charge in [-0.1, -0.05) is 0 Å². The molecule has 0 aliphatic heterocycles. The number of imidazole rings is 1. The molecule has 0 aliphatic carbocycles. The summed E-state index contributed by atoms with van der Waals surface area (Å²) in [7, 11) is 1.60. The standard InChI is InChI=1S/C12H18N4OS/c1-12(2,18-4)7-16-10-8(14-11(16)13)5-6-9(15-10)17-3/h5-6H,7H2,1-4H3,(H2,13,14). The van der Waals surface area contributed by atoms with Crippen molar-refractivity contribution in [3.63, 3.8) is 0 Å². The van der Waals surface area contributed by atoms with Crippen LogP contribution in [0.3, 0.4) is 0 Å². The normalized spacial score (nSPS) is 12.0. The molecule has 2 N–H and O–H groups in total. The molecule has 0 saturated carbocycles. The highest BCUT2D eigenvalue weighted by Crippen LogP contribution is 2.27. The van der Waals surface area contributed by atoms with Crippen LogP contribution in [0.1, 0.15) is 13.8 Å². The van der Waals surface area contributed by atoms with Crippen LogP contribution in [-0.4, -0.2) is 32.6 Å². The van der Waals surface area contributed by atoms with Gasteiger partial charge in [-0.2, -0.15) is 16.7 Å². The Labute approximate surface area is 111 Å². The topological polar surface area (TPSA) is 66.0 Å². The molecule has 2 heterocycles. The number of rotatable bonds is 4. The van der Waals surface area contributed by atoms with Gasteiger partial charge in [0.05, 0.1) is 7.11 Å². The maximum Gasteiger partial charge on any atom is 0.215 e. The monoisotopic (exact) mass is 266 g/mol. The molecular formula is C12H18N4OS. The van der Waals surface area contributed by atoms with Crippen LogP contribution in [0.5, 0.6) is 5.88 Å². The zero-order chi connectivity index (χ0) is 13.3. The summed E-state index contributed by atoms with van der Waals surface area (Å²) in [5.41, 5.74) is 7.54. The Bertz CT molecular complexity index is 564. The van der Waals surface area contributed by atoms with Crippen molar-refractivity contribution in [2.45, 2.75) is 25.1 Å². The van der Waals surface area contributed by atoms with E-state index in [1.165, 1.54) is 0 Å². The molecule has 2 rings (SSSR count). The third-order valence-electron chi connectivity index (χ3n) is 2.90. The molecule has 98 valence electrons. The number of fused-ring (bicyclic) bond motifs is 1. The second-order valence-corrected chi connectivity index (χ2v) is 6.23. The summed E-state index contributed by atoms with van der Waals surface area (Å²) in [6, 6.07) is 3.67. The lowest BCUT2D eigenvalue weighted by Gasteiger charge is -2.23. The molecule has 0 spiro atoms. The van der Waals surface area contributed by atoms with Gasteiger partial charge in [0.25, 0.3) is 0 Å². The Morgan fingerprint density at radius 2 is 2.11 bits per heavy atom. The van der Waals surface area contributed by atoms with Crippen LogP contribution in [0, 0.1) is 0 Å². The Morgan fingerprint density at radius 3 is 2.72 bits per heavy atom. The van der Waals surface area contributed by atoms with Crippen molar-refractivity contribution >= 4 is 28.9 Å². The quantitative estimate of drug-likeness (QED) is 0.918. The van der Waals surface area contributed by atoms with Crippen molar-refractivity contribution < 1.29 is 4.74 Å². The zero-order valence-electron chi connectivity index (χ0n) is 11.1. The predicted molar refractivity (Wildman–Crippen MR) is 76.1 cm³/mol. The summed E-state index contributed by atoms with van der Waals surface area (Å²) in [5, 5.41) is 0. The van der Waals surface area contributed by atoms with Crippen molar-refractivity contribution in [2.75, 3.05) is 19.1 Å². The second-order valence-electron chi connectivity index (χ2n) is 4.72. The SMILES string of the molecule is COc1ccc2nc(N)n(CC(C)(C)SC)c2n1. The number of nitrogens with zero attached hydrogens (tertiary/aromatic N) is 3. The van der Waals surface area contributed by atoms with Crippen LogP contribution >= 0.6 is 11.8 Å². The molecule has 2 aromatic heterocycles. The average molecular weight is 266 g/mol. The molecule has 0 aromatic carbocycles. The number of aromatic nitrogens is 3. The minimum absolute atomic E-state index is 0.0759. The minimum atomic E-state index is 0.0759. The van der Waals surface area contributed by atoms with Crippen molar-refractivity contribution in [1.29, 1.82) is 0 Å².